The summed E-state index contributed by atoms with van der Waals surface area (Å²) in [5, 5.41) is 0. The summed E-state index contributed by atoms with van der Waals surface area (Å²) < 4.78 is 12.5. The summed E-state index contributed by atoms with van der Waals surface area (Å²) in [6.07, 6.45) is 9.93. The molecule has 0 N–H and O–H groups in total. The van der Waals surface area contributed by atoms with E-state index in [0.29, 0.717) is 10.9 Å². The fourth-order valence-corrected chi connectivity index (χ4v) is 4.08. The number of rotatable bonds is 16. The zero-order valence-corrected chi connectivity index (χ0v) is 22.1. The van der Waals surface area contributed by atoms with Gasteiger partial charge in [0.1, 0.15) is 12.3 Å². The van der Waals surface area contributed by atoms with Gasteiger partial charge in [0.15, 0.2) is 6.04 Å². The van der Waals surface area contributed by atoms with Crippen molar-refractivity contribution < 1.29 is 18.8 Å². The molecule has 188 valence electrons. The van der Waals surface area contributed by atoms with Crippen LogP contribution in [0.15, 0.2) is 54.6 Å². The number of unbranched alkanes of at least 4 members (excludes halogenated alkanes) is 5. The molecular formula is C30H46NO3+. The third-order valence-electron chi connectivity index (χ3n) is 6.60. The van der Waals surface area contributed by atoms with Crippen molar-refractivity contribution in [3.8, 4) is 5.75 Å². The van der Waals surface area contributed by atoms with Crippen LogP contribution in [-0.4, -0.2) is 36.9 Å². The Morgan fingerprint density at radius 1 is 0.824 bits per heavy atom. The van der Waals surface area contributed by atoms with Gasteiger partial charge in [-0.15, -0.1) is 0 Å². The third-order valence-corrected chi connectivity index (χ3v) is 6.60. The fourth-order valence-electron chi connectivity index (χ4n) is 4.08. The van der Waals surface area contributed by atoms with Crippen LogP contribution in [0.25, 0.3) is 0 Å². The first-order valence-corrected chi connectivity index (χ1v) is 13.2. The highest BCUT2D eigenvalue weighted by molar-refractivity contribution is 5.74. The van der Waals surface area contributed by atoms with Gasteiger partial charge in [0.05, 0.1) is 14.1 Å². The molecule has 0 bridgehead atoms. The summed E-state index contributed by atoms with van der Waals surface area (Å²) in [5.41, 5.74) is 2.54. The predicted molar refractivity (Wildman–Crippen MR) is 141 cm³/mol. The second-order valence-corrected chi connectivity index (χ2v) is 10.0. The van der Waals surface area contributed by atoms with E-state index >= 15 is 0 Å². The number of carbonyl (C=O) groups is 1. The molecule has 0 aliphatic heterocycles. The van der Waals surface area contributed by atoms with E-state index in [1.807, 2.05) is 37.3 Å². The van der Waals surface area contributed by atoms with Crippen LogP contribution in [0.5, 0.6) is 5.75 Å². The van der Waals surface area contributed by atoms with Gasteiger partial charge < -0.3 is 14.0 Å². The number of quaternary nitrogens is 1. The first-order chi connectivity index (χ1) is 16.4. The summed E-state index contributed by atoms with van der Waals surface area (Å²) in [6.45, 7) is 7.02. The molecule has 34 heavy (non-hydrogen) atoms. The van der Waals surface area contributed by atoms with E-state index in [0.717, 1.165) is 25.1 Å². The minimum absolute atomic E-state index is 0.223. The van der Waals surface area contributed by atoms with Gasteiger partial charge in [-0.05, 0) is 43.9 Å². The number of ether oxygens (including phenoxy) is 2. The van der Waals surface area contributed by atoms with Crippen molar-refractivity contribution in [1.29, 1.82) is 0 Å². The number of hydrogen-bond donors (Lipinski definition) is 0. The molecule has 0 aromatic heterocycles. The van der Waals surface area contributed by atoms with E-state index in [9.17, 15) is 4.79 Å². The van der Waals surface area contributed by atoms with Gasteiger partial charge >= 0.3 is 5.97 Å². The molecule has 0 saturated heterocycles. The average molecular weight is 469 g/mol. The van der Waals surface area contributed by atoms with E-state index in [1.165, 1.54) is 49.7 Å². The van der Waals surface area contributed by atoms with Crippen LogP contribution in [0.2, 0.25) is 0 Å². The monoisotopic (exact) mass is 468 g/mol. The predicted octanol–water partition coefficient (Wildman–Crippen LogP) is 7.30. The Bertz CT molecular complexity index is 817. The molecular weight excluding hydrogens is 422 g/mol. The number of aryl methyl sites for hydroxylation is 1. The molecule has 0 aliphatic rings. The molecule has 2 aromatic rings. The molecule has 0 fully saturated rings. The zero-order valence-electron chi connectivity index (χ0n) is 22.1. The first kappa shape index (κ1) is 27.9. The second-order valence-electron chi connectivity index (χ2n) is 10.0. The molecule has 0 aliphatic carbocycles. The molecule has 2 aromatic carbocycles. The van der Waals surface area contributed by atoms with Crippen molar-refractivity contribution in [3.63, 3.8) is 0 Å². The zero-order chi connectivity index (χ0) is 24.8. The Morgan fingerprint density at radius 3 is 2.12 bits per heavy atom. The number of likely N-dealkylation sites (N-methyl/N-ethyl adjacent to an activating group) is 1. The van der Waals surface area contributed by atoms with Crippen molar-refractivity contribution in [3.05, 3.63) is 65.7 Å². The summed E-state index contributed by atoms with van der Waals surface area (Å²) in [6, 6.07) is 18.2. The second kappa shape index (κ2) is 14.8. The lowest BCUT2D eigenvalue weighted by Gasteiger charge is -2.35. The van der Waals surface area contributed by atoms with Crippen LogP contribution in [-0.2, 0) is 22.5 Å². The molecule has 2 unspecified atom stereocenters. The Labute approximate surface area is 207 Å². The fraction of sp³-hybridized carbons (Fsp3) is 0.567. The molecule has 2 atom stereocenters. The van der Waals surface area contributed by atoms with Gasteiger partial charge in [-0.1, -0.05) is 88.4 Å². The van der Waals surface area contributed by atoms with Gasteiger partial charge in [-0.3, -0.25) is 0 Å². The first-order valence-electron chi connectivity index (χ1n) is 13.2. The molecule has 4 heteroatoms. The van der Waals surface area contributed by atoms with Gasteiger partial charge in [0.2, 0.25) is 6.29 Å². The normalized spacial score (nSPS) is 13.3. The van der Waals surface area contributed by atoms with Gasteiger partial charge in [-0.25, -0.2) is 4.79 Å². The smallest absolute Gasteiger partial charge is 0.367 e. The van der Waals surface area contributed by atoms with Crippen LogP contribution in [0.3, 0.4) is 0 Å². The van der Waals surface area contributed by atoms with Crippen LogP contribution in [0.4, 0.5) is 0 Å². The van der Waals surface area contributed by atoms with Crippen molar-refractivity contribution in [1.82, 2.24) is 0 Å². The van der Waals surface area contributed by atoms with Crippen molar-refractivity contribution in [2.75, 3.05) is 14.1 Å². The minimum atomic E-state index is -0.568. The van der Waals surface area contributed by atoms with Crippen molar-refractivity contribution in [2.24, 2.45) is 0 Å². The minimum Gasteiger partial charge on any atom is -0.455 e. The maximum Gasteiger partial charge on any atom is 0.367 e. The largest absolute Gasteiger partial charge is 0.455 e. The number of nitrogens with zero attached hydrogens (tertiary/aromatic N) is 1. The summed E-state index contributed by atoms with van der Waals surface area (Å²) >= 11 is 0. The highest BCUT2D eigenvalue weighted by Gasteiger charge is 2.34. The Hall–Kier alpha value is -2.33. The average Bonchev–Trinajstić information content (AvgIpc) is 2.82. The maximum atomic E-state index is 13.0. The number of benzene rings is 2. The summed E-state index contributed by atoms with van der Waals surface area (Å²) in [7, 11) is 4.13. The van der Waals surface area contributed by atoms with Gasteiger partial charge in [0.25, 0.3) is 0 Å². The maximum absolute atomic E-state index is 13.0. The van der Waals surface area contributed by atoms with E-state index in [1.54, 1.807) is 0 Å². The van der Waals surface area contributed by atoms with Gasteiger partial charge in [-0.2, -0.15) is 0 Å². The van der Waals surface area contributed by atoms with Crippen molar-refractivity contribution >= 4 is 5.97 Å². The Balaban J connectivity index is 1.87. The molecule has 0 heterocycles. The summed E-state index contributed by atoms with van der Waals surface area (Å²) in [4.78, 5) is 13.0. The molecule has 0 radical (unpaired) electrons. The van der Waals surface area contributed by atoms with E-state index in [4.69, 9.17) is 9.47 Å². The van der Waals surface area contributed by atoms with Crippen LogP contribution < -0.4 is 4.74 Å². The van der Waals surface area contributed by atoms with Gasteiger partial charge in [0, 0.05) is 12.0 Å². The number of esters is 1. The standard InChI is InChI=1S/C30H46NO3/c1-6-8-9-10-11-13-17-26-20-22-28(23-21-26)33-29(16-7-2)34-30(32)25(3)31(4,5)24-27-18-14-12-15-19-27/h12,14-15,18-23,25,29H,6-11,13,16-17,24H2,1-5H3/q+1. The lowest BCUT2D eigenvalue weighted by atomic mass is 10.0. The van der Waals surface area contributed by atoms with Crippen LogP contribution in [0, 0.1) is 0 Å². The number of carbonyl (C=O) groups excluding carboxylic acids is 1. The Kier molecular flexibility index (Phi) is 12.2. The van der Waals surface area contributed by atoms with Crippen LogP contribution in [0.1, 0.15) is 83.3 Å². The quantitative estimate of drug-likeness (QED) is 0.112. The van der Waals surface area contributed by atoms with Crippen LogP contribution >= 0.6 is 0 Å². The topological polar surface area (TPSA) is 35.5 Å². The molecule has 0 amide bonds. The third kappa shape index (κ3) is 9.89. The number of hydrogen-bond acceptors (Lipinski definition) is 3. The van der Waals surface area contributed by atoms with E-state index in [2.05, 4.69) is 52.2 Å². The summed E-state index contributed by atoms with van der Waals surface area (Å²) in [5.74, 6) is 0.530. The molecule has 0 spiro atoms. The molecule has 2 rings (SSSR count). The lowest BCUT2D eigenvalue weighted by molar-refractivity contribution is -0.917. The highest BCUT2D eigenvalue weighted by atomic mass is 16.7. The van der Waals surface area contributed by atoms with E-state index < -0.39 is 6.29 Å². The SMILES string of the molecule is CCCCCCCCc1ccc(OC(CCC)OC(=O)C(C)[N+](C)(C)Cc2ccccc2)cc1. The lowest BCUT2D eigenvalue weighted by Crippen LogP contribution is -2.52. The molecule has 0 saturated carbocycles. The Morgan fingerprint density at radius 2 is 1.47 bits per heavy atom. The van der Waals surface area contributed by atoms with E-state index in [-0.39, 0.29) is 12.0 Å². The molecule has 4 nitrogen and oxygen atoms in total. The van der Waals surface area contributed by atoms with Crippen molar-refractivity contribution in [2.45, 2.75) is 97.4 Å². The highest BCUT2D eigenvalue weighted by Crippen LogP contribution is 2.20.